The molecular formula is C86H118N8O45. The number of Topliss-reactive ketones (excluding diaryl/α,β-unsaturated/α-hetero) is 7. The van der Waals surface area contributed by atoms with Crippen molar-refractivity contribution in [2.24, 2.45) is 41.4 Å². The number of carbonyl (C=O) groups is 30. The van der Waals surface area contributed by atoms with E-state index < -0.39 is 492 Å². The molecular weight excluding hydrogens is 1860 g/mol. The molecule has 53 heteroatoms. The highest BCUT2D eigenvalue weighted by Crippen LogP contribution is 2.27. The van der Waals surface area contributed by atoms with Crippen molar-refractivity contribution in [2.75, 3.05) is 0 Å². The predicted octanol–water partition coefficient (Wildman–Crippen LogP) is -0.763. The van der Waals surface area contributed by atoms with E-state index in [-0.39, 0.29) is 12.0 Å². The average Bonchev–Trinajstić information content (AvgIpc) is 0.851. The summed E-state index contributed by atoms with van der Waals surface area (Å²) < 4.78 is 0. The number of carbonyl (C=O) groups excluding carboxylic acids is 15. The van der Waals surface area contributed by atoms with Gasteiger partial charge < -0.3 is 119 Å². The van der Waals surface area contributed by atoms with Crippen LogP contribution in [-0.4, -0.2) is 302 Å². The van der Waals surface area contributed by atoms with Crippen LogP contribution in [0.25, 0.3) is 0 Å². The Bertz CT molecular complexity index is 4420. The number of aliphatic carboxylic acids is 15. The van der Waals surface area contributed by atoms with Gasteiger partial charge in [-0.3, -0.25) is 139 Å². The number of carboxylic acids is 15. The predicted molar refractivity (Wildman–Crippen MR) is 461 cm³/mol. The Labute approximate surface area is 790 Å². The molecule has 8 amide bonds. The highest BCUT2D eigenvalue weighted by atomic mass is 16.4. The Kier molecular flexibility index (Phi) is 57.8. The fraction of sp³-hybridized carbons (Fsp3) is 0.605. The van der Waals surface area contributed by atoms with Gasteiger partial charge in [0.15, 0.2) is 40.5 Å². The SMILES string of the molecule is C=CCC(NC(=O)C(CCC(=O)O)CC(=O)C(CCC(=O)O)NC(=O)C(CCC(=O)O)CC(=O)C(CCC(=O)O)NC(=O)C(CCC(=O)O)CC(=O)C(CCC(=O)O)NC(=O)C(CCC(=O)O)CC(=O)C(CCC(=O)O)NC(=O)C(CCC(=O)O)CC(=O)C(CCC(=O)O)NC(=O)C(CCC(=O)O)CC(=O)C(CCC(=O)O)NC(=O)C(CCC(=O)O)CC(=O)C(CCC(=O)O)NC(=O)C(=C)C)C(=O)O. The highest BCUT2D eigenvalue weighted by Gasteiger charge is 2.41. The highest BCUT2D eigenvalue weighted by molar-refractivity contribution is 6.02. The monoisotopic (exact) mass is 1980 g/mol. The van der Waals surface area contributed by atoms with Gasteiger partial charge in [-0.1, -0.05) is 12.7 Å². The fourth-order valence-corrected chi connectivity index (χ4v) is 13.8. The van der Waals surface area contributed by atoms with E-state index in [0.29, 0.717) is 0 Å². The second kappa shape index (κ2) is 64.8. The third-order valence-electron chi connectivity index (χ3n) is 21.5. The molecule has 0 fully saturated rings. The molecule has 0 saturated heterocycles. The van der Waals surface area contributed by atoms with Gasteiger partial charge in [0.05, 0.1) is 42.3 Å². The number of rotatable bonds is 82. The van der Waals surface area contributed by atoms with Gasteiger partial charge in [0, 0.05) is 182 Å². The summed E-state index contributed by atoms with van der Waals surface area (Å²) in [6.45, 7) is 8.02. The lowest BCUT2D eigenvalue weighted by Gasteiger charge is -2.27. The number of amides is 8. The lowest BCUT2D eigenvalue weighted by Crippen LogP contribution is -2.49. The van der Waals surface area contributed by atoms with Crippen molar-refractivity contribution in [3.63, 3.8) is 0 Å². The molecule has 0 spiro atoms. The molecule has 0 rings (SSSR count). The molecule has 23 N–H and O–H groups in total. The zero-order valence-electron chi connectivity index (χ0n) is 75.6. The Morgan fingerprint density at radius 3 is 0.439 bits per heavy atom. The molecule has 0 aromatic carbocycles. The van der Waals surface area contributed by atoms with Gasteiger partial charge in [0.25, 0.3) is 0 Å². The van der Waals surface area contributed by atoms with Gasteiger partial charge in [-0.05, 0) is 103 Å². The van der Waals surface area contributed by atoms with Crippen LogP contribution in [0.2, 0.25) is 0 Å². The fourth-order valence-electron chi connectivity index (χ4n) is 13.8. The van der Waals surface area contributed by atoms with Gasteiger partial charge in [-0.15, -0.1) is 6.58 Å². The maximum Gasteiger partial charge on any atom is 0.326 e. The summed E-state index contributed by atoms with van der Waals surface area (Å²) in [5.74, 6) is -57.3. The van der Waals surface area contributed by atoms with Crippen LogP contribution >= 0.6 is 0 Å². The second-order valence-electron chi connectivity index (χ2n) is 32.7. The smallest absolute Gasteiger partial charge is 0.326 e. The Morgan fingerprint density at radius 2 is 0.324 bits per heavy atom. The van der Waals surface area contributed by atoms with Crippen molar-refractivity contribution >= 4 is 177 Å². The van der Waals surface area contributed by atoms with Crippen LogP contribution in [0.3, 0.4) is 0 Å². The Hall–Kier alpha value is -15.0. The Balaban J connectivity index is 7.89. The standard InChI is InChI=1S/C86H118N8O45/c1-4-5-56(86(138)139)94-85(137)48(12-26-70(114)115)40-63(101)55(19-33-77(128)129)93-84(136)47(11-25-69(112)113)39-62(100)54(18-32-76(126)127)92-83(135)46(10-24-68(110)111)38-61(99)53(17-31-75(124)125)91-82(134)45(9-23-67(108)109)37-60(98)52(16-30-74(122)123)90-81(133)44(8-22-66(106)107)36-59(97)51(15-29-73(120)121)89-80(132)43(7-21-65(104)105)35-58(96)50(14-28-72(118)119)88-79(131)42(6-20-64(102)103)34-57(95)49(13-27-71(116)117)87-78(130)41(2)3/h4,42-56H,1-2,5-40H2,3H3,(H,87,130)(H,88,131)(H,89,132)(H,90,133)(H,91,134)(H,92,135)(H,93,136)(H,94,137)(H,102,103)(H,104,105)(H,106,107)(H,108,109)(H,110,111)(H,112,113)(H,114,115)(H,116,117)(H,118,119)(H,120,121)(H,122,123)(H,124,125)(H,126,127)(H,128,129)(H,138,139). The number of hydrogen-bond donors (Lipinski definition) is 23. The largest absolute Gasteiger partial charge is 0.481 e. The molecule has 0 aliphatic heterocycles. The van der Waals surface area contributed by atoms with Crippen molar-refractivity contribution in [3.8, 4) is 0 Å². The molecule has 15 unspecified atom stereocenters. The number of ketones is 7. The lowest BCUT2D eigenvalue weighted by molar-refractivity contribution is -0.143. The zero-order valence-corrected chi connectivity index (χ0v) is 75.6. The summed E-state index contributed by atoms with van der Waals surface area (Å²) in [5.41, 5.74) is -0.154. The average molecular weight is 1980 g/mol. The second-order valence-corrected chi connectivity index (χ2v) is 32.7. The Morgan fingerprint density at radius 1 is 0.201 bits per heavy atom. The first-order valence-corrected chi connectivity index (χ1v) is 43.4. The van der Waals surface area contributed by atoms with E-state index >= 15 is 0 Å². The third kappa shape index (κ3) is 54.4. The minimum absolute atomic E-state index is 0.154. The normalized spacial score (nSPS) is 14.2. The maximum atomic E-state index is 14.6. The van der Waals surface area contributed by atoms with Crippen LogP contribution in [-0.2, 0) is 144 Å². The summed E-state index contributed by atoms with van der Waals surface area (Å²) in [6, 6.07) is -15.8. The number of nitrogens with one attached hydrogen (secondary N) is 8. The summed E-state index contributed by atoms with van der Waals surface area (Å²) in [7, 11) is 0. The van der Waals surface area contributed by atoms with E-state index in [0.717, 1.165) is 6.08 Å². The first-order chi connectivity index (χ1) is 64.8. The molecule has 0 bridgehead atoms. The van der Waals surface area contributed by atoms with Crippen LogP contribution in [0.15, 0.2) is 24.8 Å². The van der Waals surface area contributed by atoms with E-state index in [2.05, 4.69) is 55.7 Å². The van der Waals surface area contributed by atoms with E-state index in [4.69, 9.17) is 0 Å². The van der Waals surface area contributed by atoms with Gasteiger partial charge in [-0.2, -0.15) is 0 Å². The van der Waals surface area contributed by atoms with Crippen LogP contribution in [0, 0.1) is 41.4 Å². The van der Waals surface area contributed by atoms with Crippen molar-refractivity contribution in [2.45, 2.75) is 286 Å². The molecule has 53 nitrogen and oxygen atoms in total. The van der Waals surface area contributed by atoms with Gasteiger partial charge in [-0.25, -0.2) is 4.79 Å². The summed E-state index contributed by atoms with van der Waals surface area (Å²) in [5, 5.41) is 162. The molecule has 0 saturated carbocycles. The van der Waals surface area contributed by atoms with Crippen molar-refractivity contribution < 1.29 is 220 Å². The third-order valence-corrected chi connectivity index (χ3v) is 21.5. The zero-order chi connectivity index (χ0) is 106. The topological polar surface area (TPSA) is 912 Å². The quantitative estimate of drug-likeness (QED) is 0.0263. The minimum atomic E-state index is -2.17. The van der Waals surface area contributed by atoms with Crippen molar-refractivity contribution in [3.05, 3.63) is 24.8 Å². The van der Waals surface area contributed by atoms with Gasteiger partial charge in [0.2, 0.25) is 47.3 Å². The first-order valence-electron chi connectivity index (χ1n) is 43.4. The molecule has 0 aromatic rings. The maximum absolute atomic E-state index is 14.6. The molecule has 772 valence electrons. The van der Waals surface area contributed by atoms with E-state index in [1.54, 1.807) is 0 Å². The molecule has 15 atom stereocenters. The summed E-state index contributed by atoms with van der Waals surface area (Å²) >= 11 is 0. The van der Waals surface area contributed by atoms with Crippen molar-refractivity contribution in [1.82, 2.24) is 42.5 Å². The van der Waals surface area contributed by atoms with Crippen LogP contribution < -0.4 is 42.5 Å². The summed E-state index contributed by atoms with van der Waals surface area (Å²) in [6.07, 6.45) is -32.7. The lowest BCUT2D eigenvalue weighted by atomic mass is 9.88. The van der Waals surface area contributed by atoms with Crippen LogP contribution in [0.5, 0.6) is 0 Å². The van der Waals surface area contributed by atoms with E-state index in [9.17, 15) is 220 Å². The van der Waals surface area contributed by atoms with Gasteiger partial charge in [0.1, 0.15) is 6.04 Å². The van der Waals surface area contributed by atoms with Crippen LogP contribution in [0.4, 0.5) is 0 Å². The number of hydrogen-bond acceptors (Lipinski definition) is 30. The van der Waals surface area contributed by atoms with E-state index in [1.165, 1.54) is 6.92 Å². The minimum Gasteiger partial charge on any atom is -0.481 e. The molecule has 0 heterocycles. The molecule has 0 aromatic heterocycles. The van der Waals surface area contributed by atoms with Gasteiger partial charge >= 0.3 is 89.5 Å². The summed E-state index contributed by atoms with van der Waals surface area (Å²) in [4.78, 5) is 391. The molecule has 0 radical (unpaired) electrons. The van der Waals surface area contributed by atoms with E-state index in [1.807, 2.05) is 0 Å². The van der Waals surface area contributed by atoms with Crippen molar-refractivity contribution in [1.29, 1.82) is 0 Å². The van der Waals surface area contributed by atoms with Crippen LogP contribution in [0.1, 0.15) is 238 Å². The molecule has 0 aliphatic carbocycles. The molecule has 0 aliphatic rings. The first kappa shape index (κ1) is 124. The molecule has 139 heavy (non-hydrogen) atoms. The number of carboxylic acid groups (broad SMARTS) is 15.